The molecule has 4 nitrogen and oxygen atoms in total. The summed E-state index contributed by atoms with van der Waals surface area (Å²) < 4.78 is 0. The first-order chi connectivity index (χ1) is 10.2. The molecule has 0 saturated carbocycles. The fraction of sp³-hybridized carbons (Fsp3) is 0.941. The molecule has 0 radical (unpaired) electrons. The Morgan fingerprint density at radius 2 is 2.00 bits per heavy atom. The van der Waals surface area contributed by atoms with Crippen molar-refractivity contribution in [2.45, 2.75) is 65.3 Å². The highest BCUT2D eigenvalue weighted by molar-refractivity contribution is 5.78. The average Bonchev–Trinajstić information content (AvgIpc) is 2.47. The number of unbranched alkanes of at least 4 members (excludes halogenated alkanes) is 2. The van der Waals surface area contributed by atoms with Crippen molar-refractivity contribution in [1.29, 1.82) is 0 Å². The van der Waals surface area contributed by atoms with Gasteiger partial charge in [-0.3, -0.25) is 9.69 Å². The van der Waals surface area contributed by atoms with Crippen molar-refractivity contribution < 1.29 is 4.79 Å². The lowest BCUT2D eigenvalue weighted by atomic mass is 9.97. The molecular weight excluding hydrogens is 262 g/mol. The van der Waals surface area contributed by atoms with Gasteiger partial charge < -0.3 is 10.6 Å². The predicted molar refractivity (Wildman–Crippen MR) is 89.5 cm³/mol. The van der Waals surface area contributed by atoms with Crippen LogP contribution in [0, 0.1) is 5.92 Å². The summed E-state index contributed by atoms with van der Waals surface area (Å²) >= 11 is 0. The minimum Gasteiger partial charge on any atom is -0.353 e. The van der Waals surface area contributed by atoms with Gasteiger partial charge in [0.25, 0.3) is 0 Å². The minimum atomic E-state index is 0.190. The van der Waals surface area contributed by atoms with Crippen LogP contribution in [0.4, 0.5) is 0 Å². The Labute approximate surface area is 131 Å². The smallest absolute Gasteiger partial charge is 0.234 e. The van der Waals surface area contributed by atoms with Crippen LogP contribution < -0.4 is 10.6 Å². The number of carbonyl (C=O) groups is 1. The first-order valence-electron chi connectivity index (χ1n) is 8.88. The van der Waals surface area contributed by atoms with Crippen molar-refractivity contribution in [3.05, 3.63) is 0 Å². The zero-order chi connectivity index (χ0) is 15.5. The maximum Gasteiger partial charge on any atom is 0.234 e. The van der Waals surface area contributed by atoms with Gasteiger partial charge in [0.2, 0.25) is 5.91 Å². The van der Waals surface area contributed by atoms with Crippen LogP contribution in [0.15, 0.2) is 0 Å². The first-order valence-corrected chi connectivity index (χ1v) is 8.88. The summed E-state index contributed by atoms with van der Waals surface area (Å²) in [5, 5.41) is 6.55. The van der Waals surface area contributed by atoms with E-state index in [1.54, 1.807) is 0 Å². The maximum absolute atomic E-state index is 12.1. The van der Waals surface area contributed by atoms with Gasteiger partial charge in [0, 0.05) is 12.6 Å². The Morgan fingerprint density at radius 3 is 2.62 bits per heavy atom. The molecule has 1 saturated heterocycles. The molecule has 0 bridgehead atoms. The van der Waals surface area contributed by atoms with Gasteiger partial charge >= 0.3 is 0 Å². The molecule has 1 rings (SSSR count). The van der Waals surface area contributed by atoms with E-state index in [1.807, 2.05) is 0 Å². The van der Waals surface area contributed by atoms with E-state index in [0.717, 1.165) is 38.5 Å². The molecule has 0 spiro atoms. The largest absolute Gasteiger partial charge is 0.353 e. The zero-order valence-electron chi connectivity index (χ0n) is 14.3. The molecular formula is C17H35N3O. The van der Waals surface area contributed by atoms with Crippen LogP contribution in [0.5, 0.6) is 0 Å². The van der Waals surface area contributed by atoms with E-state index in [0.29, 0.717) is 12.6 Å². The summed E-state index contributed by atoms with van der Waals surface area (Å²) in [6.45, 7) is 11.3. The second-order valence-corrected chi connectivity index (χ2v) is 6.49. The third-order valence-corrected chi connectivity index (χ3v) is 4.44. The fourth-order valence-electron chi connectivity index (χ4n) is 3.03. The van der Waals surface area contributed by atoms with E-state index in [1.165, 1.54) is 32.1 Å². The highest BCUT2D eigenvalue weighted by Crippen LogP contribution is 2.13. The number of nitrogens with one attached hydrogen (secondary N) is 2. The molecule has 1 amide bonds. The van der Waals surface area contributed by atoms with E-state index in [4.69, 9.17) is 0 Å². The van der Waals surface area contributed by atoms with Crippen LogP contribution in [0.3, 0.4) is 0 Å². The molecule has 1 aliphatic heterocycles. The van der Waals surface area contributed by atoms with Crippen molar-refractivity contribution in [3.8, 4) is 0 Å². The third kappa shape index (κ3) is 8.42. The van der Waals surface area contributed by atoms with Crippen molar-refractivity contribution in [2.75, 3.05) is 32.7 Å². The van der Waals surface area contributed by atoms with Gasteiger partial charge in [-0.05, 0) is 51.7 Å². The van der Waals surface area contributed by atoms with Gasteiger partial charge in [0.05, 0.1) is 6.54 Å². The van der Waals surface area contributed by atoms with E-state index in [9.17, 15) is 4.79 Å². The molecule has 4 heteroatoms. The SMILES string of the molecule is CCCCCC(C)NC(=O)CN(CC)CC1CCNCC1. The monoisotopic (exact) mass is 297 g/mol. The lowest BCUT2D eigenvalue weighted by Gasteiger charge is -2.29. The Morgan fingerprint density at radius 1 is 1.29 bits per heavy atom. The summed E-state index contributed by atoms with van der Waals surface area (Å²) in [6, 6.07) is 0.307. The molecule has 1 aliphatic rings. The van der Waals surface area contributed by atoms with E-state index < -0.39 is 0 Å². The second kappa shape index (κ2) is 11.0. The maximum atomic E-state index is 12.1. The Kier molecular flexibility index (Phi) is 9.68. The highest BCUT2D eigenvalue weighted by atomic mass is 16.2. The van der Waals surface area contributed by atoms with E-state index in [2.05, 4.69) is 36.3 Å². The molecule has 1 heterocycles. The minimum absolute atomic E-state index is 0.190. The summed E-state index contributed by atoms with van der Waals surface area (Å²) in [5.74, 6) is 0.941. The van der Waals surface area contributed by atoms with Gasteiger partial charge in [-0.25, -0.2) is 0 Å². The second-order valence-electron chi connectivity index (χ2n) is 6.49. The van der Waals surface area contributed by atoms with Crippen molar-refractivity contribution in [1.82, 2.24) is 15.5 Å². The topological polar surface area (TPSA) is 44.4 Å². The Balaban J connectivity index is 2.22. The standard InChI is InChI=1S/C17H35N3O/c1-4-6-7-8-15(3)19-17(21)14-20(5-2)13-16-9-11-18-12-10-16/h15-16,18H,4-14H2,1-3H3,(H,19,21). The van der Waals surface area contributed by atoms with Crippen LogP contribution in [0.1, 0.15) is 59.3 Å². The first kappa shape index (κ1) is 18.4. The summed E-state index contributed by atoms with van der Waals surface area (Å²) in [5.41, 5.74) is 0. The third-order valence-electron chi connectivity index (χ3n) is 4.44. The zero-order valence-corrected chi connectivity index (χ0v) is 14.3. The van der Waals surface area contributed by atoms with Crippen LogP contribution in [-0.4, -0.2) is 49.6 Å². The number of nitrogens with zero attached hydrogens (tertiary/aromatic N) is 1. The molecule has 0 aromatic carbocycles. The molecule has 2 N–H and O–H groups in total. The molecule has 1 fully saturated rings. The Bertz CT molecular complexity index is 277. The molecule has 0 aromatic rings. The van der Waals surface area contributed by atoms with Crippen molar-refractivity contribution in [3.63, 3.8) is 0 Å². The lowest BCUT2D eigenvalue weighted by molar-refractivity contribution is -0.123. The quantitative estimate of drug-likeness (QED) is 0.609. The molecule has 124 valence electrons. The molecule has 21 heavy (non-hydrogen) atoms. The van der Waals surface area contributed by atoms with Gasteiger partial charge in [0.1, 0.15) is 0 Å². The van der Waals surface area contributed by atoms with E-state index >= 15 is 0 Å². The van der Waals surface area contributed by atoms with Crippen LogP contribution in [0.25, 0.3) is 0 Å². The number of carbonyl (C=O) groups excluding carboxylic acids is 1. The summed E-state index contributed by atoms with van der Waals surface area (Å²) in [4.78, 5) is 14.4. The van der Waals surface area contributed by atoms with Crippen LogP contribution >= 0.6 is 0 Å². The molecule has 1 unspecified atom stereocenters. The number of piperidine rings is 1. The van der Waals surface area contributed by atoms with Gasteiger partial charge in [0.15, 0.2) is 0 Å². The van der Waals surface area contributed by atoms with Crippen molar-refractivity contribution >= 4 is 5.91 Å². The van der Waals surface area contributed by atoms with Gasteiger partial charge in [-0.15, -0.1) is 0 Å². The number of hydrogen-bond donors (Lipinski definition) is 2. The van der Waals surface area contributed by atoms with E-state index in [-0.39, 0.29) is 5.91 Å². The van der Waals surface area contributed by atoms with Gasteiger partial charge in [-0.2, -0.15) is 0 Å². The molecule has 1 atom stereocenters. The average molecular weight is 297 g/mol. The van der Waals surface area contributed by atoms with Crippen LogP contribution in [-0.2, 0) is 4.79 Å². The number of rotatable bonds is 10. The normalized spacial score (nSPS) is 17.9. The Hall–Kier alpha value is -0.610. The summed E-state index contributed by atoms with van der Waals surface area (Å²) in [6.07, 6.45) is 7.29. The fourth-order valence-corrected chi connectivity index (χ4v) is 3.03. The predicted octanol–water partition coefficient (Wildman–Crippen LogP) is 2.39. The lowest BCUT2D eigenvalue weighted by Crippen LogP contribution is -2.43. The number of amides is 1. The molecule has 0 aromatic heterocycles. The number of likely N-dealkylation sites (N-methyl/N-ethyl adjacent to an activating group) is 1. The number of hydrogen-bond acceptors (Lipinski definition) is 3. The van der Waals surface area contributed by atoms with Gasteiger partial charge in [-0.1, -0.05) is 33.1 Å². The summed E-state index contributed by atoms with van der Waals surface area (Å²) in [7, 11) is 0. The van der Waals surface area contributed by atoms with Crippen LogP contribution in [0.2, 0.25) is 0 Å². The van der Waals surface area contributed by atoms with Crippen molar-refractivity contribution in [2.24, 2.45) is 5.92 Å². The highest BCUT2D eigenvalue weighted by Gasteiger charge is 2.18. The molecule has 0 aliphatic carbocycles.